The summed E-state index contributed by atoms with van der Waals surface area (Å²) in [7, 11) is 0. The van der Waals surface area contributed by atoms with Gasteiger partial charge in [0.15, 0.2) is 11.5 Å². The molecule has 0 aliphatic rings. The largest absolute Gasteiger partial charge is 0.490 e. The van der Waals surface area contributed by atoms with Crippen LogP contribution in [0.25, 0.3) is 0 Å². The number of hydrogen-bond acceptors (Lipinski definition) is 3. The molecule has 2 aromatic rings. The molecule has 0 heterocycles. The standard InChI is InChI=1S/C20H25BrN2O3/c1-3-25-18-10-9-15(13-19(18)26-4-2)11-12-22-20(24)23-14-16-7-5-6-8-17(16)21/h5-10,13H,3-4,11-12,14H2,1-2H3,(H2,22,23,24). The fourth-order valence-electron chi connectivity index (χ4n) is 2.45. The van der Waals surface area contributed by atoms with Gasteiger partial charge in [0, 0.05) is 17.6 Å². The van der Waals surface area contributed by atoms with Crippen molar-refractivity contribution in [1.82, 2.24) is 10.6 Å². The fourth-order valence-corrected chi connectivity index (χ4v) is 2.88. The van der Waals surface area contributed by atoms with E-state index in [2.05, 4.69) is 26.6 Å². The van der Waals surface area contributed by atoms with E-state index >= 15 is 0 Å². The van der Waals surface area contributed by atoms with Crippen molar-refractivity contribution in [3.8, 4) is 11.5 Å². The minimum atomic E-state index is -0.184. The molecule has 6 heteroatoms. The van der Waals surface area contributed by atoms with E-state index in [9.17, 15) is 4.79 Å². The minimum Gasteiger partial charge on any atom is -0.490 e. The molecule has 2 rings (SSSR count). The molecule has 140 valence electrons. The summed E-state index contributed by atoms with van der Waals surface area (Å²) >= 11 is 3.47. The monoisotopic (exact) mass is 420 g/mol. The Labute approximate surface area is 163 Å². The van der Waals surface area contributed by atoms with Crippen molar-refractivity contribution in [1.29, 1.82) is 0 Å². The molecular weight excluding hydrogens is 396 g/mol. The number of ether oxygens (including phenoxy) is 2. The van der Waals surface area contributed by atoms with E-state index in [4.69, 9.17) is 9.47 Å². The van der Waals surface area contributed by atoms with Gasteiger partial charge in [-0.05, 0) is 49.6 Å². The second-order valence-corrected chi connectivity index (χ2v) is 6.45. The topological polar surface area (TPSA) is 59.6 Å². The fraction of sp³-hybridized carbons (Fsp3) is 0.350. The van der Waals surface area contributed by atoms with Crippen LogP contribution in [-0.4, -0.2) is 25.8 Å². The highest BCUT2D eigenvalue weighted by Gasteiger charge is 2.07. The average molecular weight is 421 g/mol. The van der Waals surface area contributed by atoms with E-state index in [0.29, 0.717) is 26.3 Å². The van der Waals surface area contributed by atoms with E-state index in [1.54, 1.807) is 0 Å². The summed E-state index contributed by atoms with van der Waals surface area (Å²) in [4.78, 5) is 11.9. The van der Waals surface area contributed by atoms with Crippen molar-refractivity contribution < 1.29 is 14.3 Å². The Hall–Kier alpha value is -2.21. The number of benzene rings is 2. The maximum Gasteiger partial charge on any atom is 0.315 e. The quantitative estimate of drug-likeness (QED) is 0.635. The number of carbonyl (C=O) groups is 1. The third-order valence-electron chi connectivity index (χ3n) is 3.70. The Morgan fingerprint density at radius 1 is 1.00 bits per heavy atom. The zero-order valence-corrected chi connectivity index (χ0v) is 16.8. The van der Waals surface area contributed by atoms with Crippen molar-refractivity contribution in [3.63, 3.8) is 0 Å². The lowest BCUT2D eigenvalue weighted by atomic mass is 10.1. The summed E-state index contributed by atoms with van der Waals surface area (Å²) in [5.74, 6) is 1.49. The van der Waals surface area contributed by atoms with Gasteiger partial charge in [0.25, 0.3) is 0 Å². The summed E-state index contributed by atoms with van der Waals surface area (Å²) < 4.78 is 12.2. The molecule has 5 nitrogen and oxygen atoms in total. The molecule has 26 heavy (non-hydrogen) atoms. The summed E-state index contributed by atoms with van der Waals surface area (Å²) in [6.45, 7) is 6.09. The second kappa shape index (κ2) is 10.7. The smallest absolute Gasteiger partial charge is 0.315 e. The Morgan fingerprint density at radius 3 is 2.46 bits per heavy atom. The third kappa shape index (κ3) is 6.26. The molecule has 0 aliphatic carbocycles. The van der Waals surface area contributed by atoms with Gasteiger partial charge in [0.05, 0.1) is 13.2 Å². The maximum absolute atomic E-state index is 11.9. The predicted octanol–water partition coefficient (Wildman–Crippen LogP) is 4.29. The van der Waals surface area contributed by atoms with Crippen LogP contribution in [0.5, 0.6) is 11.5 Å². The highest BCUT2D eigenvalue weighted by Crippen LogP contribution is 2.28. The van der Waals surface area contributed by atoms with Crippen molar-refractivity contribution in [2.45, 2.75) is 26.8 Å². The van der Waals surface area contributed by atoms with Crippen LogP contribution in [0.4, 0.5) is 4.79 Å². The lowest BCUT2D eigenvalue weighted by Gasteiger charge is -2.13. The van der Waals surface area contributed by atoms with Crippen molar-refractivity contribution in [3.05, 3.63) is 58.1 Å². The van der Waals surface area contributed by atoms with Gasteiger partial charge < -0.3 is 20.1 Å². The van der Waals surface area contributed by atoms with Gasteiger partial charge >= 0.3 is 6.03 Å². The molecule has 0 bridgehead atoms. The van der Waals surface area contributed by atoms with Gasteiger partial charge in [-0.2, -0.15) is 0 Å². The van der Waals surface area contributed by atoms with Crippen LogP contribution in [0, 0.1) is 0 Å². The van der Waals surface area contributed by atoms with Crippen LogP contribution in [0.1, 0.15) is 25.0 Å². The van der Waals surface area contributed by atoms with Gasteiger partial charge in [-0.15, -0.1) is 0 Å². The van der Waals surface area contributed by atoms with E-state index in [-0.39, 0.29) is 6.03 Å². The Balaban J connectivity index is 1.80. The summed E-state index contributed by atoms with van der Waals surface area (Å²) in [5, 5.41) is 5.73. The predicted molar refractivity (Wildman–Crippen MR) is 107 cm³/mol. The molecule has 2 N–H and O–H groups in total. The zero-order chi connectivity index (χ0) is 18.8. The molecule has 0 saturated heterocycles. The van der Waals surface area contributed by atoms with Crippen LogP contribution in [0.15, 0.2) is 46.9 Å². The molecule has 0 saturated carbocycles. The molecule has 2 amide bonds. The molecule has 0 radical (unpaired) electrons. The highest BCUT2D eigenvalue weighted by molar-refractivity contribution is 9.10. The molecule has 0 unspecified atom stereocenters. The second-order valence-electron chi connectivity index (χ2n) is 5.60. The zero-order valence-electron chi connectivity index (χ0n) is 15.2. The van der Waals surface area contributed by atoms with Gasteiger partial charge in [0.2, 0.25) is 0 Å². The Kier molecular flexibility index (Phi) is 8.28. The number of nitrogens with one attached hydrogen (secondary N) is 2. The van der Waals surface area contributed by atoms with Crippen molar-refractivity contribution in [2.75, 3.05) is 19.8 Å². The van der Waals surface area contributed by atoms with Crippen molar-refractivity contribution >= 4 is 22.0 Å². The van der Waals surface area contributed by atoms with Crippen LogP contribution in [-0.2, 0) is 13.0 Å². The highest BCUT2D eigenvalue weighted by atomic mass is 79.9. The maximum atomic E-state index is 11.9. The molecule has 0 aliphatic heterocycles. The average Bonchev–Trinajstić information content (AvgIpc) is 2.63. The molecule has 2 aromatic carbocycles. The van der Waals surface area contributed by atoms with E-state index in [1.165, 1.54) is 0 Å². The molecule has 0 spiro atoms. The molecule has 0 aromatic heterocycles. The van der Waals surface area contributed by atoms with Crippen molar-refractivity contribution in [2.24, 2.45) is 0 Å². The van der Waals surface area contributed by atoms with Gasteiger partial charge in [-0.25, -0.2) is 4.79 Å². The van der Waals surface area contributed by atoms with Crippen LogP contribution >= 0.6 is 15.9 Å². The first-order chi connectivity index (χ1) is 12.6. The summed E-state index contributed by atoms with van der Waals surface area (Å²) in [5.41, 5.74) is 2.12. The molecule has 0 atom stereocenters. The normalized spacial score (nSPS) is 10.3. The first kappa shape index (κ1) is 20.1. The van der Waals surface area contributed by atoms with Gasteiger partial charge in [-0.1, -0.05) is 40.2 Å². The number of carbonyl (C=O) groups excluding carboxylic acids is 1. The van der Waals surface area contributed by atoms with E-state index in [0.717, 1.165) is 33.5 Å². The number of hydrogen-bond donors (Lipinski definition) is 2. The lowest BCUT2D eigenvalue weighted by molar-refractivity contribution is 0.240. The first-order valence-electron chi connectivity index (χ1n) is 8.77. The summed E-state index contributed by atoms with van der Waals surface area (Å²) in [6.07, 6.45) is 0.717. The number of rotatable bonds is 9. The van der Waals surface area contributed by atoms with E-state index in [1.807, 2.05) is 56.3 Å². The summed E-state index contributed by atoms with van der Waals surface area (Å²) in [6, 6.07) is 13.5. The molecular formula is C20H25BrN2O3. The SMILES string of the molecule is CCOc1ccc(CCNC(=O)NCc2ccccc2Br)cc1OCC. The van der Waals surface area contributed by atoms with Gasteiger partial charge in [0.1, 0.15) is 0 Å². The number of amides is 2. The van der Waals surface area contributed by atoms with Gasteiger partial charge in [-0.3, -0.25) is 0 Å². The Morgan fingerprint density at radius 2 is 1.73 bits per heavy atom. The lowest BCUT2D eigenvalue weighted by Crippen LogP contribution is -2.36. The van der Waals surface area contributed by atoms with Crippen LogP contribution in [0.2, 0.25) is 0 Å². The minimum absolute atomic E-state index is 0.184. The first-order valence-corrected chi connectivity index (χ1v) is 9.57. The molecule has 0 fully saturated rings. The van der Waals surface area contributed by atoms with E-state index < -0.39 is 0 Å². The third-order valence-corrected chi connectivity index (χ3v) is 4.48. The van der Waals surface area contributed by atoms with Crippen LogP contribution in [0.3, 0.4) is 0 Å². The van der Waals surface area contributed by atoms with Crippen LogP contribution < -0.4 is 20.1 Å². The number of urea groups is 1. The number of halogens is 1. The Bertz CT molecular complexity index is 722.